The molecule has 4 rings (SSSR count). The predicted molar refractivity (Wildman–Crippen MR) is 115 cm³/mol. The molecule has 1 saturated carbocycles. The Balaban J connectivity index is 1.61. The fourth-order valence-electron chi connectivity index (χ4n) is 3.31. The lowest BCUT2D eigenvalue weighted by atomic mass is 10.0. The number of rotatable bonds is 9. The quantitative estimate of drug-likeness (QED) is 0.516. The van der Waals surface area contributed by atoms with Crippen molar-refractivity contribution in [1.29, 1.82) is 5.26 Å². The number of carbonyl (C=O) groups is 2. The number of carbonyl (C=O) groups excluding carboxylic acids is 1. The van der Waals surface area contributed by atoms with Crippen LogP contribution in [-0.4, -0.2) is 33.4 Å². The molecule has 8 nitrogen and oxygen atoms in total. The fraction of sp³-hybridized carbons (Fsp3) is 0.250. The molecule has 1 aromatic heterocycles. The lowest BCUT2D eigenvalue weighted by Gasteiger charge is -2.16. The van der Waals surface area contributed by atoms with E-state index in [1.54, 1.807) is 36.4 Å². The van der Waals surface area contributed by atoms with Gasteiger partial charge in [-0.15, -0.1) is 0 Å². The summed E-state index contributed by atoms with van der Waals surface area (Å²) in [4.78, 5) is 24.4. The van der Waals surface area contributed by atoms with Crippen molar-refractivity contribution in [1.82, 2.24) is 15.1 Å². The first-order chi connectivity index (χ1) is 15.9. The SMILES string of the molecule is N#Cc1ccc([C@H](CC(=O)O)NC(=O)c2cc(OCC3CC3)n(-c3ccccc3F)n2)cc1. The second-order valence-electron chi connectivity index (χ2n) is 7.84. The van der Waals surface area contributed by atoms with E-state index in [0.717, 1.165) is 12.8 Å². The van der Waals surface area contributed by atoms with Crippen LogP contribution >= 0.6 is 0 Å². The third-order valence-electron chi connectivity index (χ3n) is 5.28. The average Bonchev–Trinajstić information content (AvgIpc) is 3.54. The third kappa shape index (κ3) is 5.36. The van der Waals surface area contributed by atoms with Crippen molar-refractivity contribution in [2.45, 2.75) is 25.3 Å². The number of hydrogen-bond donors (Lipinski definition) is 2. The second-order valence-corrected chi connectivity index (χ2v) is 7.84. The van der Waals surface area contributed by atoms with Crippen molar-refractivity contribution in [3.63, 3.8) is 0 Å². The Morgan fingerprint density at radius 1 is 1.24 bits per heavy atom. The van der Waals surface area contributed by atoms with E-state index in [1.165, 1.54) is 22.9 Å². The molecule has 0 aliphatic heterocycles. The van der Waals surface area contributed by atoms with Gasteiger partial charge >= 0.3 is 5.97 Å². The number of halogens is 1. The van der Waals surface area contributed by atoms with Crippen LogP contribution in [0.15, 0.2) is 54.6 Å². The minimum atomic E-state index is -1.10. The molecule has 0 spiro atoms. The summed E-state index contributed by atoms with van der Waals surface area (Å²) < 4.78 is 21.5. The van der Waals surface area contributed by atoms with Crippen molar-refractivity contribution in [2.75, 3.05) is 6.61 Å². The first-order valence-corrected chi connectivity index (χ1v) is 10.4. The molecule has 1 atom stereocenters. The summed E-state index contributed by atoms with van der Waals surface area (Å²) in [5, 5.41) is 25.2. The minimum absolute atomic E-state index is 0.0342. The summed E-state index contributed by atoms with van der Waals surface area (Å²) in [6.07, 6.45) is 1.75. The molecular formula is C24H21FN4O4. The van der Waals surface area contributed by atoms with Gasteiger partial charge in [0.25, 0.3) is 5.91 Å². The van der Waals surface area contributed by atoms with Gasteiger partial charge in [-0.2, -0.15) is 15.0 Å². The largest absolute Gasteiger partial charge is 0.481 e. The molecular weight excluding hydrogens is 427 g/mol. The Morgan fingerprint density at radius 3 is 2.61 bits per heavy atom. The van der Waals surface area contributed by atoms with Crippen molar-refractivity contribution in [2.24, 2.45) is 5.92 Å². The monoisotopic (exact) mass is 448 g/mol. The van der Waals surface area contributed by atoms with Gasteiger partial charge in [0.15, 0.2) is 5.69 Å². The standard InChI is InChI=1S/C24H21FN4O4/c25-18-3-1-2-4-21(18)29-22(33-14-16-5-6-16)11-20(28-29)24(32)27-19(12-23(30)31)17-9-7-15(13-26)8-10-17/h1-4,7-11,16,19H,5-6,12,14H2,(H,27,32)(H,30,31)/t19-/m0/s1. The van der Waals surface area contributed by atoms with Crippen molar-refractivity contribution in [3.05, 3.63) is 77.2 Å². The number of nitriles is 1. The molecule has 1 aliphatic carbocycles. The highest BCUT2D eigenvalue weighted by Gasteiger charge is 2.26. The Bertz CT molecular complexity index is 1210. The molecule has 0 unspecified atom stereocenters. The van der Waals surface area contributed by atoms with Gasteiger partial charge in [0.1, 0.15) is 11.5 Å². The van der Waals surface area contributed by atoms with Crippen LogP contribution in [0.25, 0.3) is 5.69 Å². The zero-order valence-corrected chi connectivity index (χ0v) is 17.6. The van der Waals surface area contributed by atoms with Crippen LogP contribution < -0.4 is 10.1 Å². The highest BCUT2D eigenvalue weighted by atomic mass is 19.1. The number of nitrogens with zero attached hydrogens (tertiary/aromatic N) is 3. The molecule has 1 amide bonds. The molecule has 2 N–H and O–H groups in total. The van der Waals surface area contributed by atoms with Crippen LogP contribution in [0.5, 0.6) is 5.88 Å². The highest BCUT2D eigenvalue weighted by molar-refractivity contribution is 5.93. The van der Waals surface area contributed by atoms with Gasteiger partial charge in [0.05, 0.1) is 30.7 Å². The number of aromatic nitrogens is 2. The van der Waals surface area contributed by atoms with Gasteiger partial charge in [-0.25, -0.2) is 4.39 Å². The smallest absolute Gasteiger partial charge is 0.305 e. The Labute approximate surface area is 189 Å². The topological polar surface area (TPSA) is 117 Å². The van der Waals surface area contributed by atoms with E-state index in [0.29, 0.717) is 23.7 Å². The summed E-state index contributed by atoms with van der Waals surface area (Å²) in [5.41, 5.74) is 1.05. The van der Waals surface area contributed by atoms with Crippen LogP contribution in [0.3, 0.4) is 0 Å². The molecule has 168 valence electrons. The van der Waals surface area contributed by atoms with Gasteiger partial charge in [0, 0.05) is 6.07 Å². The summed E-state index contributed by atoms with van der Waals surface area (Å²) in [7, 11) is 0. The number of benzene rings is 2. The maximum atomic E-state index is 14.4. The summed E-state index contributed by atoms with van der Waals surface area (Å²) in [6.45, 7) is 0.439. The van der Waals surface area contributed by atoms with E-state index in [2.05, 4.69) is 10.4 Å². The predicted octanol–water partition coefficient (Wildman–Crippen LogP) is 3.62. The second kappa shape index (κ2) is 9.53. The molecule has 1 fully saturated rings. The maximum Gasteiger partial charge on any atom is 0.305 e. The van der Waals surface area contributed by atoms with Crippen molar-refractivity contribution >= 4 is 11.9 Å². The lowest BCUT2D eigenvalue weighted by molar-refractivity contribution is -0.137. The van der Waals surface area contributed by atoms with Crippen LogP contribution in [0.1, 0.15) is 46.9 Å². The number of aliphatic carboxylic acids is 1. The van der Waals surface area contributed by atoms with Crippen LogP contribution in [0.2, 0.25) is 0 Å². The molecule has 9 heteroatoms. The molecule has 0 radical (unpaired) electrons. The Kier molecular flexibility index (Phi) is 6.36. The zero-order valence-electron chi connectivity index (χ0n) is 17.6. The summed E-state index contributed by atoms with van der Waals surface area (Å²) in [5.74, 6) is -1.59. The number of nitrogens with one attached hydrogen (secondary N) is 1. The highest BCUT2D eigenvalue weighted by Crippen LogP contribution is 2.31. The molecule has 2 aromatic carbocycles. The summed E-state index contributed by atoms with van der Waals surface area (Å²) >= 11 is 0. The zero-order chi connectivity index (χ0) is 23.4. The lowest BCUT2D eigenvalue weighted by Crippen LogP contribution is -2.30. The maximum absolute atomic E-state index is 14.4. The normalized spacial score (nSPS) is 13.7. The van der Waals surface area contributed by atoms with Crippen LogP contribution in [0, 0.1) is 23.1 Å². The van der Waals surface area contributed by atoms with E-state index in [4.69, 9.17) is 10.00 Å². The van der Waals surface area contributed by atoms with Crippen molar-refractivity contribution in [3.8, 4) is 17.6 Å². The van der Waals surface area contributed by atoms with Gasteiger partial charge in [-0.05, 0) is 48.6 Å². The van der Waals surface area contributed by atoms with E-state index < -0.39 is 23.7 Å². The average molecular weight is 448 g/mol. The van der Waals surface area contributed by atoms with Crippen LogP contribution in [-0.2, 0) is 4.79 Å². The van der Waals surface area contributed by atoms with E-state index in [-0.39, 0.29) is 23.7 Å². The Morgan fingerprint density at radius 2 is 1.97 bits per heavy atom. The van der Waals surface area contributed by atoms with E-state index in [1.807, 2.05) is 6.07 Å². The molecule has 1 aliphatic rings. The van der Waals surface area contributed by atoms with Gasteiger partial charge in [-0.1, -0.05) is 24.3 Å². The molecule has 0 saturated heterocycles. The van der Waals surface area contributed by atoms with Gasteiger partial charge in [-0.3, -0.25) is 9.59 Å². The first kappa shape index (κ1) is 22.0. The summed E-state index contributed by atoms with van der Waals surface area (Å²) in [6, 6.07) is 14.9. The molecule has 1 heterocycles. The first-order valence-electron chi connectivity index (χ1n) is 10.4. The van der Waals surface area contributed by atoms with Crippen LogP contribution in [0.4, 0.5) is 4.39 Å². The Hall–Kier alpha value is -4.19. The fourth-order valence-corrected chi connectivity index (χ4v) is 3.31. The molecule has 0 bridgehead atoms. The number of amides is 1. The number of para-hydroxylation sites is 1. The molecule has 3 aromatic rings. The van der Waals surface area contributed by atoms with E-state index >= 15 is 0 Å². The minimum Gasteiger partial charge on any atom is -0.481 e. The number of ether oxygens (including phenoxy) is 1. The third-order valence-corrected chi connectivity index (χ3v) is 5.28. The van der Waals surface area contributed by atoms with Gasteiger partial charge < -0.3 is 15.2 Å². The van der Waals surface area contributed by atoms with Gasteiger partial charge in [0.2, 0.25) is 5.88 Å². The number of carboxylic acids is 1. The molecule has 33 heavy (non-hydrogen) atoms. The number of carboxylic acid groups (broad SMARTS) is 1. The van der Waals surface area contributed by atoms with E-state index in [9.17, 15) is 19.1 Å². The van der Waals surface area contributed by atoms with Crippen molar-refractivity contribution < 1.29 is 23.8 Å². The number of hydrogen-bond acceptors (Lipinski definition) is 5.